The molecule has 0 saturated heterocycles. The number of thiophene rings is 1. The Bertz CT molecular complexity index is 1120. The van der Waals surface area contributed by atoms with Gasteiger partial charge in [0, 0.05) is 19.0 Å². The zero-order valence-corrected chi connectivity index (χ0v) is 18.9. The number of methoxy groups -OCH3 is 1. The Morgan fingerprint density at radius 3 is 2.39 bits per heavy atom. The van der Waals surface area contributed by atoms with Gasteiger partial charge in [-0.2, -0.15) is 0 Å². The lowest BCUT2D eigenvalue weighted by Crippen LogP contribution is -2.23. The molecular weight excluding hydrogens is 444 g/mol. The standard InChI is InChI=1S/C20H22N2O7S2/c1-22(2)31(26,27)13-9-7-12(8-10-13)19(24)29-11-16(23)21-18-17(20(25)28-3)14-5-4-6-15(14)30-18/h7-10H,4-6,11H2,1-3H3,(H,21,23). The van der Waals surface area contributed by atoms with E-state index in [9.17, 15) is 22.8 Å². The molecule has 2 aromatic rings. The summed E-state index contributed by atoms with van der Waals surface area (Å²) in [5, 5.41) is 3.01. The first-order valence-corrected chi connectivity index (χ1v) is 11.6. The number of aryl methyl sites for hydroxylation is 1. The minimum Gasteiger partial charge on any atom is -0.465 e. The summed E-state index contributed by atoms with van der Waals surface area (Å²) in [6, 6.07) is 5.22. The van der Waals surface area contributed by atoms with Crippen molar-refractivity contribution in [3.63, 3.8) is 0 Å². The van der Waals surface area contributed by atoms with Crippen molar-refractivity contribution in [3.05, 3.63) is 45.8 Å². The first-order valence-electron chi connectivity index (χ1n) is 9.37. The van der Waals surface area contributed by atoms with E-state index in [4.69, 9.17) is 9.47 Å². The van der Waals surface area contributed by atoms with E-state index in [0.29, 0.717) is 10.6 Å². The van der Waals surface area contributed by atoms with E-state index in [0.717, 1.165) is 34.0 Å². The SMILES string of the molecule is COC(=O)c1c(NC(=O)COC(=O)c2ccc(S(=O)(=O)N(C)C)cc2)sc2c1CCC2. The fourth-order valence-electron chi connectivity index (χ4n) is 3.16. The Morgan fingerprint density at radius 1 is 1.10 bits per heavy atom. The van der Waals surface area contributed by atoms with Crippen LogP contribution in [0.1, 0.15) is 37.6 Å². The number of carbonyl (C=O) groups is 3. The predicted octanol–water partition coefficient (Wildman–Crippen LogP) is 2.07. The van der Waals surface area contributed by atoms with Gasteiger partial charge in [-0.1, -0.05) is 0 Å². The number of esters is 2. The third-order valence-electron chi connectivity index (χ3n) is 4.77. The van der Waals surface area contributed by atoms with Crippen molar-refractivity contribution in [1.82, 2.24) is 4.31 Å². The number of hydrogen-bond acceptors (Lipinski definition) is 8. The lowest BCUT2D eigenvalue weighted by atomic mass is 10.1. The van der Waals surface area contributed by atoms with Crippen LogP contribution in [0.4, 0.5) is 5.00 Å². The van der Waals surface area contributed by atoms with Gasteiger partial charge in [-0.25, -0.2) is 22.3 Å². The van der Waals surface area contributed by atoms with Crippen LogP contribution >= 0.6 is 11.3 Å². The van der Waals surface area contributed by atoms with E-state index >= 15 is 0 Å². The molecule has 0 spiro atoms. The van der Waals surface area contributed by atoms with Crippen LogP contribution < -0.4 is 5.32 Å². The van der Waals surface area contributed by atoms with Crippen molar-refractivity contribution in [2.45, 2.75) is 24.2 Å². The summed E-state index contributed by atoms with van der Waals surface area (Å²) in [7, 11) is 0.483. The van der Waals surface area contributed by atoms with E-state index < -0.39 is 34.5 Å². The molecule has 0 radical (unpaired) electrons. The number of carbonyl (C=O) groups excluding carboxylic acids is 3. The highest BCUT2D eigenvalue weighted by molar-refractivity contribution is 7.89. The van der Waals surface area contributed by atoms with Gasteiger partial charge in [-0.05, 0) is 49.1 Å². The van der Waals surface area contributed by atoms with E-state index in [1.807, 2.05) is 0 Å². The molecule has 11 heteroatoms. The molecule has 0 fully saturated rings. The maximum absolute atomic E-state index is 12.3. The van der Waals surface area contributed by atoms with Crippen LogP contribution in [-0.2, 0) is 37.1 Å². The average molecular weight is 467 g/mol. The molecule has 3 rings (SSSR count). The van der Waals surface area contributed by atoms with E-state index in [1.54, 1.807) is 0 Å². The number of nitrogens with one attached hydrogen (secondary N) is 1. The fourth-order valence-corrected chi connectivity index (χ4v) is 5.36. The number of ether oxygens (including phenoxy) is 2. The molecule has 166 valence electrons. The summed E-state index contributed by atoms with van der Waals surface area (Å²) in [5.41, 5.74) is 1.37. The number of fused-ring (bicyclic) bond motifs is 1. The van der Waals surface area contributed by atoms with Gasteiger partial charge in [0.25, 0.3) is 5.91 Å². The van der Waals surface area contributed by atoms with Gasteiger partial charge < -0.3 is 14.8 Å². The first kappa shape index (κ1) is 22.9. The Balaban J connectivity index is 1.63. The summed E-state index contributed by atoms with van der Waals surface area (Å²) < 4.78 is 35.1. The maximum Gasteiger partial charge on any atom is 0.341 e. The molecule has 0 atom stereocenters. The lowest BCUT2D eigenvalue weighted by Gasteiger charge is -2.11. The predicted molar refractivity (Wildman–Crippen MR) is 114 cm³/mol. The lowest BCUT2D eigenvalue weighted by molar-refractivity contribution is -0.119. The highest BCUT2D eigenvalue weighted by Gasteiger charge is 2.28. The van der Waals surface area contributed by atoms with Gasteiger partial charge in [0.15, 0.2) is 6.61 Å². The van der Waals surface area contributed by atoms with Crippen LogP contribution in [0.2, 0.25) is 0 Å². The summed E-state index contributed by atoms with van der Waals surface area (Å²) in [6.07, 6.45) is 2.54. The minimum absolute atomic E-state index is 0.0351. The fraction of sp³-hybridized carbons (Fsp3) is 0.350. The molecule has 1 heterocycles. The summed E-state index contributed by atoms with van der Waals surface area (Å²) in [4.78, 5) is 37.7. The third kappa shape index (κ3) is 4.78. The third-order valence-corrected chi connectivity index (χ3v) is 7.80. The molecule has 1 aliphatic carbocycles. The van der Waals surface area contributed by atoms with E-state index in [2.05, 4.69) is 5.32 Å². The number of hydrogen-bond donors (Lipinski definition) is 1. The number of anilines is 1. The molecule has 0 aliphatic heterocycles. The smallest absolute Gasteiger partial charge is 0.341 e. The highest BCUT2D eigenvalue weighted by atomic mass is 32.2. The van der Waals surface area contributed by atoms with Gasteiger partial charge >= 0.3 is 11.9 Å². The Morgan fingerprint density at radius 2 is 1.77 bits per heavy atom. The van der Waals surface area contributed by atoms with Crippen molar-refractivity contribution < 1.29 is 32.3 Å². The summed E-state index contributed by atoms with van der Waals surface area (Å²) >= 11 is 1.32. The zero-order chi connectivity index (χ0) is 22.8. The molecule has 0 saturated carbocycles. The quantitative estimate of drug-likeness (QED) is 0.621. The number of benzene rings is 1. The van der Waals surface area contributed by atoms with Gasteiger partial charge in [0.1, 0.15) is 5.00 Å². The molecule has 1 N–H and O–H groups in total. The van der Waals surface area contributed by atoms with Crippen LogP contribution in [-0.4, -0.2) is 58.4 Å². The molecule has 1 amide bonds. The van der Waals surface area contributed by atoms with Gasteiger partial charge in [-0.3, -0.25) is 4.79 Å². The average Bonchev–Trinajstić information content (AvgIpc) is 3.32. The van der Waals surface area contributed by atoms with Gasteiger partial charge in [-0.15, -0.1) is 11.3 Å². The van der Waals surface area contributed by atoms with Crippen molar-refractivity contribution in [1.29, 1.82) is 0 Å². The van der Waals surface area contributed by atoms with Crippen LogP contribution in [0, 0.1) is 0 Å². The summed E-state index contributed by atoms with van der Waals surface area (Å²) in [5.74, 6) is -1.88. The minimum atomic E-state index is -3.61. The number of rotatable bonds is 7. The van der Waals surface area contributed by atoms with Crippen molar-refractivity contribution in [2.75, 3.05) is 33.1 Å². The largest absolute Gasteiger partial charge is 0.465 e. The second-order valence-corrected chi connectivity index (χ2v) is 10.2. The normalized spacial score (nSPS) is 13.0. The van der Waals surface area contributed by atoms with Gasteiger partial charge in [0.05, 0.1) is 23.1 Å². The number of nitrogens with zero attached hydrogens (tertiary/aromatic N) is 1. The molecule has 1 aromatic heterocycles. The Kier molecular flexibility index (Phi) is 6.77. The number of sulfonamides is 1. The molecular formula is C20H22N2O7S2. The van der Waals surface area contributed by atoms with E-state index in [-0.39, 0.29) is 10.5 Å². The second-order valence-electron chi connectivity index (χ2n) is 6.99. The van der Waals surface area contributed by atoms with Crippen LogP contribution in [0.25, 0.3) is 0 Å². The second kappa shape index (κ2) is 9.16. The van der Waals surface area contributed by atoms with Crippen LogP contribution in [0.3, 0.4) is 0 Å². The van der Waals surface area contributed by atoms with Crippen molar-refractivity contribution >= 4 is 44.2 Å². The van der Waals surface area contributed by atoms with Crippen LogP contribution in [0.5, 0.6) is 0 Å². The summed E-state index contributed by atoms with van der Waals surface area (Å²) in [6.45, 7) is -0.556. The maximum atomic E-state index is 12.3. The first-order chi connectivity index (χ1) is 14.6. The molecule has 1 aromatic carbocycles. The Labute approximate surface area is 184 Å². The number of amides is 1. The van der Waals surface area contributed by atoms with Crippen LogP contribution in [0.15, 0.2) is 29.2 Å². The van der Waals surface area contributed by atoms with E-state index in [1.165, 1.54) is 56.8 Å². The zero-order valence-electron chi connectivity index (χ0n) is 17.3. The Hall–Kier alpha value is -2.76. The highest BCUT2D eigenvalue weighted by Crippen LogP contribution is 2.39. The van der Waals surface area contributed by atoms with Crippen molar-refractivity contribution in [2.24, 2.45) is 0 Å². The molecule has 9 nitrogen and oxygen atoms in total. The topological polar surface area (TPSA) is 119 Å². The molecule has 0 bridgehead atoms. The van der Waals surface area contributed by atoms with Gasteiger partial charge in [0.2, 0.25) is 10.0 Å². The monoisotopic (exact) mass is 466 g/mol. The molecule has 0 unspecified atom stereocenters. The molecule has 31 heavy (non-hydrogen) atoms. The van der Waals surface area contributed by atoms with Crippen molar-refractivity contribution in [3.8, 4) is 0 Å². The molecule has 1 aliphatic rings.